The summed E-state index contributed by atoms with van der Waals surface area (Å²) in [5.41, 5.74) is 0.752. The number of sulfonamides is 1. The lowest BCUT2D eigenvalue weighted by molar-refractivity contribution is 0.445. The number of nitrogens with zero attached hydrogens (tertiary/aromatic N) is 4. The van der Waals surface area contributed by atoms with Crippen molar-refractivity contribution in [3.8, 4) is 11.4 Å². The Morgan fingerprint density at radius 3 is 2.56 bits per heavy atom. The Labute approximate surface area is 166 Å². The summed E-state index contributed by atoms with van der Waals surface area (Å²) in [7, 11) is -3.52. The molecule has 0 amide bonds. The van der Waals surface area contributed by atoms with Crippen molar-refractivity contribution in [1.29, 1.82) is 0 Å². The highest BCUT2D eigenvalue weighted by molar-refractivity contribution is 7.99. The van der Waals surface area contributed by atoms with Crippen LogP contribution < -0.4 is 0 Å². The number of rotatable bonds is 10. The average Bonchev–Trinajstić information content (AvgIpc) is 3.02. The van der Waals surface area contributed by atoms with Crippen LogP contribution in [0.3, 0.4) is 0 Å². The summed E-state index contributed by atoms with van der Waals surface area (Å²) in [5.74, 6) is 1.84. The number of benzene rings is 1. The molecular formula is C19H28N4O2S2. The normalized spacial score (nSPS) is 12.1. The summed E-state index contributed by atoms with van der Waals surface area (Å²) < 4.78 is 29.2. The number of hydrogen-bond acceptors (Lipinski definition) is 5. The van der Waals surface area contributed by atoms with Crippen LogP contribution in [0.25, 0.3) is 11.4 Å². The summed E-state index contributed by atoms with van der Waals surface area (Å²) >= 11 is 1.57. The van der Waals surface area contributed by atoms with Crippen LogP contribution in [0.2, 0.25) is 0 Å². The Hall–Kier alpha value is -1.64. The van der Waals surface area contributed by atoms with Gasteiger partial charge in [-0.15, -0.1) is 16.8 Å². The first kappa shape index (κ1) is 21.7. The van der Waals surface area contributed by atoms with Gasteiger partial charge in [-0.2, -0.15) is 4.31 Å². The largest absolute Gasteiger partial charge is 0.302 e. The van der Waals surface area contributed by atoms with E-state index in [1.54, 1.807) is 30.0 Å². The van der Waals surface area contributed by atoms with Gasteiger partial charge in [-0.1, -0.05) is 57.7 Å². The van der Waals surface area contributed by atoms with Gasteiger partial charge in [-0.3, -0.25) is 0 Å². The van der Waals surface area contributed by atoms with Crippen LogP contribution in [0.15, 0.2) is 47.0 Å². The second kappa shape index (κ2) is 9.52. The third kappa shape index (κ3) is 5.00. The Kier molecular flexibility index (Phi) is 7.64. The van der Waals surface area contributed by atoms with E-state index >= 15 is 0 Å². The predicted octanol–water partition coefficient (Wildman–Crippen LogP) is 3.91. The molecule has 1 aromatic carbocycles. The third-order valence-electron chi connectivity index (χ3n) is 4.03. The lowest BCUT2D eigenvalue weighted by Crippen LogP contribution is -2.30. The highest BCUT2D eigenvalue weighted by Gasteiger charge is 2.23. The Morgan fingerprint density at radius 2 is 1.96 bits per heavy atom. The Balaban J connectivity index is 2.50. The molecule has 0 fully saturated rings. The van der Waals surface area contributed by atoms with Gasteiger partial charge in [0.1, 0.15) is 0 Å². The number of thioether (sulfide) groups is 1. The summed E-state index contributed by atoms with van der Waals surface area (Å²) in [5, 5.41) is 9.48. The van der Waals surface area contributed by atoms with Crippen LogP contribution in [-0.2, 0) is 16.6 Å². The second-order valence-electron chi connectivity index (χ2n) is 6.53. The summed E-state index contributed by atoms with van der Waals surface area (Å²) in [4.78, 5) is 0.281. The zero-order chi connectivity index (χ0) is 20.0. The van der Waals surface area contributed by atoms with E-state index in [4.69, 9.17) is 0 Å². The summed E-state index contributed by atoms with van der Waals surface area (Å²) in [6.07, 6.45) is 1.83. The van der Waals surface area contributed by atoms with Crippen molar-refractivity contribution in [2.24, 2.45) is 5.92 Å². The molecule has 0 aliphatic carbocycles. The van der Waals surface area contributed by atoms with Crippen LogP contribution in [-0.4, -0.2) is 46.3 Å². The van der Waals surface area contributed by atoms with Crippen molar-refractivity contribution in [3.63, 3.8) is 0 Å². The minimum absolute atomic E-state index is 0.281. The van der Waals surface area contributed by atoms with Gasteiger partial charge in [0.25, 0.3) is 0 Å². The van der Waals surface area contributed by atoms with E-state index in [9.17, 15) is 8.42 Å². The molecule has 0 unspecified atom stereocenters. The maximum atomic E-state index is 12.9. The van der Waals surface area contributed by atoms with E-state index in [-0.39, 0.29) is 4.90 Å². The monoisotopic (exact) mass is 408 g/mol. The molecule has 0 N–H and O–H groups in total. The van der Waals surface area contributed by atoms with Gasteiger partial charge in [0.05, 0.1) is 4.90 Å². The Bertz CT molecular complexity index is 872. The van der Waals surface area contributed by atoms with E-state index < -0.39 is 10.0 Å². The molecule has 0 aliphatic rings. The molecule has 148 valence electrons. The molecule has 0 atom stereocenters. The van der Waals surface area contributed by atoms with Crippen molar-refractivity contribution in [2.45, 2.75) is 44.3 Å². The lowest BCUT2D eigenvalue weighted by atomic mass is 10.2. The van der Waals surface area contributed by atoms with Gasteiger partial charge >= 0.3 is 0 Å². The van der Waals surface area contributed by atoms with Gasteiger partial charge in [0, 0.05) is 31.0 Å². The highest BCUT2D eigenvalue weighted by Crippen LogP contribution is 2.27. The van der Waals surface area contributed by atoms with Gasteiger partial charge in [0.2, 0.25) is 10.0 Å². The minimum Gasteiger partial charge on any atom is -0.302 e. The maximum Gasteiger partial charge on any atom is 0.243 e. The quantitative estimate of drug-likeness (QED) is 0.440. The molecule has 0 bridgehead atoms. The van der Waals surface area contributed by atoms with E-state index in [1.165, 1.54) is 4.31 Å². The van der Waals surface area contributed by atoms with E-state index in [1.807, 2.05) is 26.0 Å². The van der Waals surface area contributed by atoms with Crippen molar-refractivity contribution < 1.29 is 8.42 Å². The second-order valence-corrected chi connectivity index (χ2v) is 9.45. The van der Waals surface area contributed by atoms with Gasteiger partial charge < -0.3 is 4.57 Å². The first-order valence-corrected chi connectivity index (χ1v) is 11.5. The van der Waals surface area contributed by atoms with Crippen molar-refractivity contribution >= 4 is 21.8 Å². The van der Waals surface area contributed by atoms with Gasteiger partial charge in [-0.05, 0) is 18.1 Å². The molecule has 6 nitrogen and oxygen atoms in total. The molecule has 2 rings (SSSR count). The minimum atomic E-state index is -3.52. The lowest BCUT2D eigenvalue weighted by Gasteiger charge is -2.19. The molecule has 0 aliphatic heterocycles. The summed E-state index contributed by atoms with van der Waals surface area (Å²) in [6.45, 7) is 13.3. The highest BCUT2D eigenvalue weighted by atomic mass is 32.2. The molecule has 0 radical (unpaired) electrons. The Morgan fingerprint density at radius 1 is 1.26 bits per heavy atom. The topological polar surface area (TPSA) is 68.1 Å². The molecule has 1 heterocycles. The van der Waals surface area contributed by atoms with Crippen molar-refractivity contribution in [2.75, 3.05) is 18.8 Å². The zero-order valence-electron chi connectivity index (χ0n) is 16.4. The first-order valence-electron chi connectivity index (χ1n) is 9.12. The van der Waals surface area contributed by atoms with Crippen LogP contribution >= 0.6 is 11.8 Å². The molecule has 8 heteroatoms. The van der Waals surface area contributed by atoms with Crippen molar-refractivity contribution in [1.82, 2.24) is 19.1 Å². The third-order valence-corrected chi connectivity index (χ3v) is 7.04. The maximum absolute atomic E-state index is 12.9. The molecule has 0 saturated carbocycles. The average molecular weight is 409 g/mol. The fraction of sp³-hybridized carbons (Fsp3) is 0.474. The molecule has 27 heavy (non-hydrogen) atoms. The molecule has 2 aromatic rings. The first-order chi connectivity index (χ1) is 12.8. The van der Waals surface area contributed by atoms with Crippen LogP contribution in [0.4, 0.5) is 0 Å². The fourth-order valence-corrected chi connectivity index (χ4v) is 4.97. The molecule has 0 saturated heterocycles. The smallest absolute Gasteiger partial charge is 0.243 e. The SMILES string of the molecule is C=CCSc1nnc(-c2cccc(S(=O)(=O)N(CC)CC)c2)n1CC(C)C. The predicted molar refractivity (Wildman–Crippen MR) is 111 cm³/mol. The van der Waals surface area contributed by atoms with E-state index in [2.05, 4.69) is 35.2 Å². The number of hydrogen-bond donors (Lipinski definition) is 0. The fourth-order valence-electron chi connectivity index (χ4n) is 2.78. The van der Waals surface area contributed by atoms with E-state index in [0.29, 0.717) is 24.8 Å². The van der Waals surface area contributed by atoms with Crippen LogP contribution in [0, 0.1) is 5.92 Å². The van der Waals surface area contributed by atoms with Gasteiger partial charge in [-0.25, -0.2) is 8.42 Å². The van der Waals surface area contributed by atoms with E-state index in [0.717, 1.165) is 23.0 Å². The molecule has 0 spiro atoms. The number of aromatic nitrogens is 3. The summed E-state index contributed by atoms with van der Waals surface area (Å²) in [6, 6.07) is 6.96. The van der Waals surface area contributed by atoms with Crippen LogP contribution in [0.1, 0.15) is 27.7 Å². The van der Waals surface area contributed by atoms with Crippen molar-refractivity contribution in [3.05, 3.63) is 36.9 Å². The molecule has 1 aromatic heterocycles. The standard InChI is InChI=1S/C19H28N4O2S2/c1-6-12-26-19-21-20-18(23(19)14-15(4)5)16-10-9-11-17(13-16)27(24,25)22(7-2)8-3/h6,9-11,13,15H,1,7-8,12,14H2,2-5H3. The van der Waals surface area contributed by atoms with Gasteiger partial charge in [0.15, 0.2) is 11.0 Å². The molecular weight excluding hydrogens is 380 g/mol. The zero-order valence-corrected chi connectivity index (χ0v) is 18.1. The van der Waals surface area contributed by atoms with Crippen LogP contribution in [0.5, 0.6) is 0 Å².